The van der Waals surface area contributed by atoms with E-state index in [1.807, 2.05) is 6.92 Å². The van der Waals surface area contributed by atoms with E-state index in [0.29, 0.717) is 61.2 Å². The zero-order valence-corrected chi connectivity index (χ0v) is 79.3. The van der Waals surface area contributed by atoms with Gasteiger partial charge in [0.05, 0.1) is 12.0 Å². The first-order valence-corrected chi connectivity index (χ1v) is 51.3. The standard InChI is InChI=1S/C104H201N3O6/c1-17-26-34-42-50-61-71-87-113-96(108)82-69-59-51-60-70-84-107(86-73-83-106-98-97(105-25-9)99(109)100(98)110)85-72-81-95(88(10)74-62-52-43-35-27-18-2)102(89(11)75-63-53-44-36-28-19-3,90(12)76-64-54-45-37-29-20-4)104(93(15)79-67-57-48-40-32-23-7,94(16)80-68-58-49-41-33-24-8)103(101(111)112,91(13)77-65-55-46-38-30-21-5)92(14)78-66-56-47-39-31-22-6/h88-95,105-106H,17-87H2,1-16H3,(H,111,112). The van der Waals surface area contributed by atoms with Crippen molar-refractivity contribution < 1.29 is 19.4 Å². The number of unbranched alkanes of at least 4 members (excludes halogenated alkanes) is 45. The van der Waals surface area contributed by atoms with E-state index in [-0.39, 0.29) is 35.1 Å². The SMILES string of the molecule is CCCCCCCCCOC(=O)CCCCCCCN(CCCNc1c(NCC)c(=O)c1=O)CCCC(C(C)CCCCCCCC)C(C(C)CCCCCCCC)(C(C)CCCCCCCC)C(C(C)CCCCCCCC)(C(C)CCCCCCCC)C(C(=O)O)(C(C)CCCCCCCC)C(C)CCCCCCCC. The van der Waals surface area contributed by atoms with Crippen LogP contribution in [0.5, 0.6) is 0 Å². The Kier molecular flexibility index (Phi) is 68.5. The number of hydrogen-bond acceptors (Lipinski definition) is 8. The molecule has 0 saturated heterocycles. The first kappa shape index (κ1) is 109. The average Bonchev–Trinajstić information content (AvgIpc) is 0.667. The zero-order valence-electron chi connectivity index (χ0n) is 79.3. The molecule has 0 aliphatic carbocycles. The van der Waals surface area contributed by atoms with Crippen LogP contribution in [0.15, 0.2) is 9.59 Å². The fraction of sp³-hybridized carbons (Fsp3) is 0.942. The van der Waals surface area contributed by atoms with Gasteiger partial charge in [-0.25, -0.2) is 0 Å². The highest BCUT2D eigenvalue weighted by molar-refractivity contribution is 5.77. The first-order chi connectivity index (χ1) is 54.9. The van der Waals surface area contributed by atoms with Crippen LogP contribution in [0.3, 0.4) is 0 Å². The first-order valence-electron chi connectivity index (χ1n) is 51.3. The lowest BCUT2D eigenvalue weighted by atomic mass is 9.29. The molecule has 0 aliphatic heterocycles. The van der Waals surface area contributed by atoms with Gasteiger partial charge in [-0.15, -0.1) is 0 Å². The minimum Gasteiger partial charge on any atom is -0.481 e. The zero-order chi connectivity index (χ0) is 83.5. The number of carbonyl (C=O) groups is 2. The molecule has 8 atom stereocenters. The third-order valence-electron chi connectivity index (χ3n) is 28.8. The van der Waals surface area contributed by atoms with Gasteiger partial charge in [0.15, 0.2) is 0 Å². The van der Waals surface area contributed by atoms with Gasteiger partial charge in [-0.2, -0.15) is 0 Å². The summed E-state index contributed by atoms with van der Waals surface area (Å²) >= 11 is 0. The molecule has 9 heteroatoms. The van der Waals surface area contributed by atoms with Crippen LogP contribution in [-0.2, 0) is 14.3 Å². The molecule has 0 heterocycles. The summed E-state index contributed by atoms with van der Waals surface area (Å²) in [7, 11) is 0. The van der Waals surface area contributed by atoms with Crippen LogP contribution in [0.25, 0.3) is 0 Å². The lowest BCUT2D eigenvalue weighted by Crippen LogP contribution is -2.73. The number of carboxylic acid groups (broad SMARTS) is 1. The smallest absolute Gasteiger partial charge is 0.310 e. The Morgan fingerprint density at radius 3 is 0.982 bits per heavy atom. The fourth-order valence-corrected chi connectivity index (χ4v) is 22.7. The Labute approximate surface area is 705 Å². The number of ether oxygens (including phenoxy) is 1. The maximum atomic E-state index is 17.3. The van der Waals surface area contributed by atoms with Crippen LogP contribution in [0.2, 0.25) is 0 Å². The number of nitrogens with zero attached hydrogens (tertiary/aromatic N) is 1. The second-order valence-corrected chi connectivity index (χ2v) is 37.9. The van der Waals surface area contributed by atoms with E-state index in [0.717, 1.165) is 122 Å². The molecule has 0 bridgehead atoms. The van der Waals surface area contributed by atoms with Crippen molar-refractivity contribution in [3.8, 4) is 0 Å². The molecule has 1 aromatic rings. The van der Waals surface area contributed by atoms with Crippen LogP contribution in [0.1, 0.15) is 528 Å². The molecule has 0 amide bonds. The van der Waals surface area contributed by atoms with Crippen molar-refractivity contribution in [2.45, 2.75) is 528 Å². The molecule has 0 aromatic heterocycles. The van der Waals surface area contributed by atoms with Crippen LogP contribution < -0.4 is 21.5 Å². The number of carboxylic acids is 1. The number of carbonyl (C=O) groups excluding carboxylic acids is 1. The van der Waals surface area contributed by atoms with Crippen molar-refractivity contribution >= 4 is 23.3 Å². The molecule has 113 heavy (non-hydrogen) atoms. The Hall–Kier alpha value is -2.42. The molecular formula is C104H201N3O6. The van der Waals surface area contributed by atoms with Gasteiger partial charge in [0.25, 0.3) is 10.9 Å². The minimum atomic E-state index is -0.979. The van der Waals surface area contributed by atoms with E-state index in [2.05, 4.69) is 119 Å². The number of rotatable bonds is 87. The molecule has 0 fully saturated rings. The predicted molar refractivity (Wildman–Crippen MR) is 499 cm³/mol. The van der Waals surface area contributed by atoms with Gasteiger partial charge < -0.3 is 25.4 Å². The van der Waals surface area contributed by atoms with E-state index in [1.165, 1.54) is 308 Å². The molecule has 0 aliphatic rings. The molecule has 8 unspecified atom stereocenters. The monoisotopic (exact) mass is 1590 g/mol. The summed E-state index contributed by atoms with van der Waals surface area (Å²) < 4.78 is 5.74. The normalized spacial score (nSPS) is 15.8. The largest absolute Gasteiger partial charge is 0.481 e. The average molecular weight is 1590 g/mol. The van der Waals surface area contributed by atoms with Crippen molar-refractivity contribution in [2.75, 3.05) is 50.0 Å². The van der Waals surface area contributed by atoms with Crippen LogP contribution >= 0.6 is 0 Å². The molecule has 0 spiro atoms. The summed E-state index contributed by atoms with van der Waals surface area (Å²) in [6, 6.07) is 0. The number of hydrogen-bond donors (Lipinski definition) is 3. The number of nitrogens with one attached hydrogen (secondary N) is 2. The van der Waals surface area contributed by atoms with Gasteiger partial charge in [-0.3, -0.25) is 19.2 Å². The number of aliphatic carboxylic acids is 1. The summed E-state index contributed by atoms with van der Waals surface area (Å²) in [6.45, 7) is 44.6. The van der Waals surface area contributed by atoms with Gasteiger partial charge in [0, 0.05) is 19.5 Å². The van der Waals surface area contributed by atoms with E-state index in [9.17, 15) is 19.5 Å². The molecule has 668 valence electrons. The van der Waals surface area contributed by atoms with Gasteiger partial charge >= 0.3 is 11.9 Å². The summed E-state index contributed by atoms with van der Waals surface area (Å²) in [6.07, 6.45) is 77.7. The maximum absolute atomic E-state index is 17.3. The minimum absolute atomic E-state index is 0.00671. The lowest BCUT2D eigenvalue weighted by molar-refractivity contribution is -0.278. The topological polar surface area (TPSA) is 125 Å². The molecule has 1 aromatic carbocycles. The molecule has 1 rings (SSSR count). The highest BCUT2D eigenvalue weighted by Gasteiger charge is 2.75. The van der Waals surface area contributed by atoms with Crippen molar-refractivity contribution in [1.82, 2.24) is 4.90 Å². The second-order valence-electron chi connectivity index (χ2n) is 37.9. The van der Waals surface area contributed by atoms with E-state index >= 15 is 4.79 Å². The Balaban J connectivity index is 4.99. The van der Waals surface area contributed by atoms with Gasteiger partial charge in [0.2, 0.25) is 0 Å². The molecule has 0 radical (unpaired) electrons. The van der Waals surface area contributed by atoms with Crippen molar-refractivity contribution in [2.24, 2.45) is 63.6 Å². The van der Waals surface area contributed by atoms with Crippen molar-refractivity contribution in [1.29, 1.82) is 0 Å². The summed E-state index contributed by atoms with van der Waals surface area (Å²) in [5.74, 6) is 1.32. The number of esters is 1. The highest BCUT2D eigenvalue weighted by atomic mass is 16.5. The molecule has 0 saturated carbocycles. The van der Waals surface area contributed by atoms with Gasteiger partial charge in [0.1, 0.15) is 11.4 Å². The highest BCUT2D eigenvalue weighted by Crippen LogP contribution is 2.77. The summed E-state index contributed by atoms with van der Waals surface area (Å²) in [4.78, 5) is 58.9. The van der Waals surface area contributed by atoms with Crippen LogP contribution in [0, 0.1) is 63.6 Å². The Morgan fingerprint density at radius 2 is 0.619 bits per heavy atom. The summed E-state index contributed by atoms with van der Waals surface area (Å²) in [5, 5.41) is 20.9. The molecular weight excluding hydrogens is 1390 g/mol. The van der Waals surface area contributed by atoms with Gasteiger partial charge in [-0.05, 0) is 136 Å². The second kappa shape index (κ2) is 71.3. The Morgan fingerprint density at radius 1 is 0.327 bits per heavy atom. The van der Waals surface area contributed by atoms with Crippen molar-refractivity contribution in [3.05, 3.63) is 20.4 Å². The third kappa shape index (κ3) is 41.1. The van der Waals surface area contributed by atoms with E-state index in [1.54, 1.807) is 0 Å². The molecule has 3 N–H and O–H groups in total. The quantitative estimate of drug-likeness (QED) is 0.0332. The molecule has 9 nitrogen and oxygen atoms in total. The van der Waals surface area contributed by atoms with E-state index < -0.39 is 27.7 Å². The predicted octanol–water partition coefficient (Wildman–Crippen LogP) is 32.6. The fourth-order valence-electron chi connectivity index (χ4n) is 22.7. The third-order valence-corrected chi connectivity index (χ3v) is 28.8. The van der Waals surface area contributed by atoms with Crippen LogP contribution in [-0.4, -0.2) is 61.3 Å². The van der Waals surface area contributed by atoms with Crippen molar-refractivity contribution in [3.63, 3.8) is 0 Å². The van der Waals surface area contributed by atoms with Crippen LogP contribution in [0.4, 0.5) is 11.4 Å². The van der Waals surface area contributed by atoms with E-state index in [4.69, 9.17) is 4.74 Å². The van der Waals surface area contributed by atoms with Gasteiger partial charge in [-0.1, -0.05) is 463 Å². The maximum Gasteiger partial charge on any atom is 0.310 e. The Bertz CT molecular complexity index is 2310. The summed E-state index contributed by atoms with van der Waals surface area (Å²) in [5.41, 5.74) is -1.75. The lowest BCUT2D eigenvalue weighted by Gasteiger charge is -2.74. The number of anilines is 2.